The monoisotopic (exact) mass is 575 g/mol. The maximum Gasteiger partial charge on any atom is 0.434 e. The van der Waals surface area contributed by atoms with E-state index in [2.05, 4.69) is 20.4 Å². The number of nitrogens with one attached hydrogen (secondary N) is 1. The summed E-state index contributed by atoms with van der Waals surface area (Å²) in [6.45, 7) is 1.37. The quantitative estimate of drug-likeness (QED) is 0.280. The number of nitrogen functional groups attached to an aromatic ring is 1. The number of aliphatic hydroxyl groups excluding tert-OH is 1. The van der Waals surface area contributed by atoms with Gasteiger partial charge in [0.15, 0.2) is 28.9 Å². The number of ether oxygens (including phenoxy) is 1. The fourth-order valence-corrected chi connectivity index (χ4v) is 4.38. The van der Waals surface area contributed by atoms with Crippen LogP contribution in [0.2, 0.25) is 0 Å². The number of aliphatic hydroxyl groups is 1. The Morgan fingerprint density at radius 3 is 2.61 bits per heavy atom. The largest absolute Gasteiger partial charge is 0.454 e. The molecule has 214 valence electrons. The van der Waals surface area contributed by atoms with Crippen LogP contribution in [-0.2, 0) is 12.7 Å². The van der Waals surface area contributed by atoms with Crippen molar-refractivity contribution in [2.24, 2.45) is 0 Å². The molecule has 10 nitrogen and oxygen atoms in total. The standard InChI is InChI=1S/C26H22F5N7O3/c27-18-2-1-7-34-24(18)38-22(26(29,30)31)16(11-35-38)25(40)36-14-3-4-21(19(28)10-14)41-20-5-8-33-23(32)17(20)13-37-9-6-15(39)12-37/h1-5,7-8,10-11,15,39H,6,9,12-13H2,(H2,32,33)(H,36,40). The molecule has 0 bridgehead atoms. The van der Waals surface area contributed by atoms with Crippen LogP contribution in [0.1, 0.15) is 28.0 Å². The molecule has 1 fully saturated rings. The number of halogens is 5. The zero-order chi connectivity index (χ0) is 29.3. The van der Waals surface area contributed by atoms with E-state index in [9.17, 15) is 27.5 Å². The molecule has 0 spiro atoms. The van der Waals surface area contributed by atoms with Crippen LogP contribution in [0, 0.1) is 11.6 Å². The van der Waals surface area contributed by atoms with Gasteiger partial charge in [-0.3, -0.25) is 9.69 Å². The summed E-state index contributed by atoms with van der Waals surface area (Å²) in [6.07, 6.45) is -1.89. The third-order valence-corrected chi connectivity index (χ3v) is 6.31. The number of hydrogen-bond acceptors (Lipinski definition) is 8. The van der Waals surface area contributed by atoms with Crippen LogP contribution in [0.4, 0.5) is 33.5 Å². The molecule has 0 saturated carbocycles. The molecule has 0 aliphatic carbocycles. The summed E-state index contributed by atoms with van der Waals surface area (Å²) in [5, 5.41) is 15.5. The van der Waals surface area contributed by atoms with Gasteiger partial charge in [0.05, 0.1) is 23.4 Å². The van der Waals surface area contributed by atoms with Gasteiger partial charge in [-0.15, -0.1) is 0 Å². The number of pyridine rings is 2. The van der Waals surface area contributed by atoms with Gasteiger partial charge >= 0.3 is 6.18 Å². The molecule has 1 aromatic carbocycles. The molecule has 4 aromatic rings. The first-order chi connectivity index (χ1) is 19.5. The molecule has 3 aromatic heterocycles. The minimum atomic E-state index is -5.10. The minimum Gasteiger partial charge on any atom is -0.454 e. The van der Waals surface area contributed by atoms with Crippen molar-refractivity contribution in [2.45, 2.75) is 25.2 Å². The smallest absolute Gasteiger partial charge is 0.434 e. The molecule has 41 heavy (non-hydrogen) atoms. The van der Waals surface area contributed by atoms with Crippen LogP contribution in [0.15, 0.2) is 55.0 Å². The molecular weight excluding hydrogens is 553 g/mol. The van der Waals surface area contributed by atoms with Crippen molar-refractivity contribution in [3.05, 3.63) is 83.4 Å². The van der Waals surface area contributed by atoms with Crippen LogP contribution in [0.3, 0.4) is 0 Å². The number of carbonyl (C=O) groups is 1. The van der Waals surface area contributed by atoms with E-state index >= 15 is 4.39 Å². The molecule has 1 amide bonds. The third kappa shape index (κ3) is 5.95. The summed E-state index contributed by atoms with van der Waals surface area (Å²) in [4.78, 5) is 22.4. The Balaban J connectivity index is 1.36. The number of nitrogens with zero attached hydrogens (tertiary/aromatic N) is 5. The second-order valence-corrected chi connectivity index (χ2v) is 9.18. The maximum atomic E-state index is 15.0. The maximum absolute atomic E-state index is 15.0. The number of amides is 1. The van der Waals surface area contributed by atoms with E-state index in [0.717, 1.165) is 18.3 Å². The second kappa shape index (κ2) is 11.1. The number of anilines is 2. The predicted molar refractivity (Wildman–Crippen MR) is 135 cm³/mol. The Bertz CT molecular complexity index is 1590. The minimum absolute atomic E-state index is 0.166. The van der Waals surface area contributed by atoms with E-state index in [0.29, 0.717) is 37.8 Å². The van der Waals surface area contributed by atoms with Gasteiger partial charge in [-0.05, 0) is 36.8 Å². The number of aromatic nitrogens is 4. The van der Waals surface area contributed by atoms with E-state index in [1.807, 2.05) is 4.90 Å². The lowest BCUT2D eigenvalue weighted by Crippen LogP contribution is -2.22. The highest BCUT2D eigenvalue weighted by Crippen LogP contribution is 2.35. The number of nitrogens with two attached hydrogens (primary N) is 1. The van der Waals surface area contributed by atoms with Crippen LogP contribution < -0.4 is 15.8 Å². The first-order valence-corrected chi connectivity index (χ1v) is 12.2. The fraction of sp³-hybridized carbons (Fsp3) is 0.231. The zero-order valence-corrected chi connectivity index (χ0v) is 21.1. The van der Waals surface area contributed by atoms with Crippen molar-refractivity contribution in [1.82, 2.24) is 24.6 Å². The molecule has 5 rings (SSSR count). The Kier molecular flexibility index (Phi) is 7.55. The SMILES string of the molecule is Nc1nccc(Oc2ccc(NC(=O)c3cnn(-c4ncccc4F)c3C(F)(F)F)cc2F)c1CN1CCC(O)C1. The summed E-state index contributed by atoms with van der Waals surface area (Å²) in [5.41, 5.74) is 3.85. The molecule has 1 saturated heterocycles. The van der Waals surface area contributed by atoms with Crippen molar-refractivity contribution >= 4 is 17.4 Å². The zero-order valence-electron chi connectivity index (χ0n) is 21.1. The molecular formula is C26H22F5N7O3. The lowest BCUT2D eigenvalue weighted by atomic mass is 10.2. The summed E-state index contributed by atoms with van der Waals surface area (Å²) < 4.78 is 76.7. The molecule has 1 aliphatic heterocycles. The van der Waals surface area contributed by atoms with E-state index in [-0.39, 0.29) is 27.7 Å². The van der Waals surface area contributed by atoms with E-state index in [1.54, 1.807) is 0 Å². The highest BCUT2D eigenvalue weighted by molar-refractivity contribution is 6.05. The molecule has 1 aliphatic rings. The number of rotatable bonds is 7. The Morgan fingerprint density at radius 1 is 1.12 bits per heavy atom. The van der Waals surface area contributed by atoms with Crippen LogP contribution in [-0.4, -0.2) is 54.9 Å². The predicted octanol–water partition coefficient (Wildman–Crippen LogP) is 4.15. The van der Waals surface area contributed by atoms with Gasteiger partial charge in [-0.25, -0.2) is 23.4 Å². The van der Waals surface area contributed by atoms with Crippen LogP contribution in [0.25, 0.3) is 5.82 Å². The highest BCUT2D eigenvalue weighted by Gasteiger charge is 2.41. The Morgan fingerprint density at radius 2 is 1.93 bits per heavy atom. The van der Waals surface area contributed by atoms with Crippen molar-refractivity contribution in [1.29, 1.82) is 0 Å². The van der Waals surface area contributed by atoms with Crippen molar-refractivity contribution in [2.75, 3.05) is 24.1 Å². The second-order valence-electron chi connectivity index (χ2n) is 9.18. The molecule has 1 unspecified atom stereocenters. The topological polar surface area (TPSA) is 131 Å². The fourth-order valence-electron chi connectivity index (χ4n) is 4.38. The summed E-state index contributed by atoms with van der Waals surface area (Å²) in [5.74, 6) is -3.87. The highest BCUT2D eigenvalue weighted by atomic mass is 19.4. The van der Waals surface area contributed by atoms with Gasteiger partial charge in [-0.2, -0.15) is 18.3 Å². The van der Waals surface area contributed by atoms with Gasteiger partial charge in [0.25, 0.3) is 5.91 Å². The van der Waals surface area contributed by atoms with E-state index < -0.39 is 46.9 Å². The Labute approximate surface area is 229 Å². The number of likely N-dealkylation sites (tertiary alicyclic amines) is 1. The average Bonchev–Trinajstić information content (AvgIpc) is 3.54. The first-order valence-electron chi connectivity index (χ1n) is 12.2. The van der Waals surface area contributed by atoms with Gasteiger partial charge < -0.3 is 20.9 Å². The average molecular weight is 575 g/mol. The number of carbonyl (C=O) groups excluding carboxylic acids is 1. The lowest BCUT2D eigenvalue weighted by Gasteiger charge is -2.19. The molecule has 15 heteroatoms. The normalized spacial score (nSPS) is 15.7. The third-order valence-electron chi connectivity index (χ3n) is 6.31. The van der Waals surface area contributed by atoms with Crippen LogP contribution >= 0.6 is 0 Å². The van der Waals surface area contributed by atoms with Crippen molar-refractivity contribution < 1.29 is 36.6 Å². The molecule has 4 N–H and O–H groups in total. The van der Waals surface area contributed by atoms with Gasteiger partial charge in [-0.1, -0.05) is 0 Å². The lowest BCUT2D eigenvalue weighted by molar-refractivity contribution is -0.143. The summed E-state index contributed by atoms with van der Waals surface area (Å²) in [7, 11) is 0. The van der Waals surface area contributed by atoms with Gasteiger partial charge in [0, 0.05) is 43.8 Å². The van der Waals surface area contributed by atoms with Gasteiger partial charge in [0.2, 0.25) is 0 Å². The Hall–Kier alpha value is -4.63. The summed E-state index contributed by atoms with van der Waals surface area (Å²) >= 11 is 0. The van der Waals surface area contributed by atoms with E-state index in [1.165, 1.54) is 30.5 Å². The number of benzene rings is 1. The van der Waals surface area contributed by atoms with Crippen molar-refractivity contribution in [3.63, 3.8) is 0 Å². The van der Waals surface area contributed by atoms with Crippen LogP contribution in [0.5, 0.6) is 11.5 Å². The number of alkyl halides is 3. The van der Waals surface area contributed by atoms with Crippen molar-refractivity contribution in [3.8, 4) is 17.3 Å². The molecule has 1 atom stereocenters. The van der Waals surface area contributed by atoms with E-state index in [4.69, 9.17) is 10.5 Å². The van der Waals surface area contributed by atoms with Gasteiger partial charge in [0.1, 0.15) is 11.6 Å². The molecule has 0 radical (unpaired) electrons. The molecule has 4 heterocycles. The summed E-state index contributed by atoms with van der Waals surface area (Å²) in [6, 6.07) is 6.86. The number of β-amino-alcohol motifs (C(OH)–C–C–N with tert-alkyl or cyclic N) is 1. The first kappa shape index (κ1) is 27.9. The number of hydrogen-bond donors (Lipinski definition) is 3.